The SMILES string of the molecule is CNNC(=O)CC1CC2(CO2)C(C)C(C=CC(C)=CCC2OC(C)C(NC(=O)C=CC(C)OC(C)=O)CC2C)O1. The summed E-state index contributed by atoms with van der Waals surface area (Å²) in [7, 11) is 1.67. The lowest BCUT2D eigenvalue weighted by molar-refractivity contribution is -0.143. The van der Waals surface area contributed by atoms with E-state index in [1.807, 2.05) is 6.92 Å². The average molecular weight is 562 g/mol. The zero-order valence-electron chi connectivity index (χ0n) is 24.9. The summed E-state index contributed by atoms with van der Waals surface area (Å²) in [6.45, 7) is 12.1. The van der Waals surface area contributed by atoms with Crippen molar-refractivity contribution < 1.29 is 33.3 Å². The van der Waals surface area contributed by atoms with Gasteiger partial charge in [-0.25, -0.2) is 5.43 Å². The van der Waals surface area contributed by atoms with E-state index in [2.05, 4.69) is 55.2 Å². The third-order valence-corrected chi connectivity index (χ3v) is 8.07. The van der Waals surface area contributed by atoms with Crippen molar-refractivity contribution in [1.82, 2.24) is 16.2 Å². The lowest BCUT2D eigenvalue weighted by Gasteiger charge is -2.39. The summed E-state index contributed by atoms with van der Waals surface area (Å²) in [5.41, 5.74) is 6.20. The van der Waals surface area contributed by atoms with Crippen molar-refractivity contribution in [2.75, 3.05) is 13.7 Å². The number of hydrazine groups is 1. The number of nitrogens with one attached hydrogen (secondary N) is 3. The molecule has 3 fully saturated rings. The van der Waals surface area contributed by atoms with Crippen LogP contribution in [0.1, 0.15) is 67.2 Å². The molecule has 3 N–H and O–H groups in total. The number of epoxide rings is 1. The standard InChI is InChI=1S/C30H47N3O7/c1-18(9-12-27-21(4)30(17-37-30)16-24(40-27)15-29(36)33-31-7)8-11-26-19(2)14-25(22(5)39-26)32-28(35)13-10-20(3)38-23(6)34/h8-10,12-13,19-22,24-27,31H,11,14-17H2,1-7H3,(H,32,35)(H,33,36). The van der Waals surface area contributed by atoms with Crippen LogP contribution in [0.5, 0.6) is 0 Å². The molecular formula is C30H47N3O7. The maximum absolute atomic E-state index is 12.4. The molecule has 3 saturated heterocycles. The van der Waals surface area contributed by atoms with Gasteiger partial charge in [-0.2, -0.15) is 0 Å². The van der Waals surface area contributed by atoms with Crippen LogP contribution in [0.4, 0.5) is 0 Å². The van der Waals surface area contributed by atoms with Gasteiger partial charge in [-0.05, 0) is 45.6 Å². The van der Waals surface area contributed by atoms with Gasteiger partial charge in [-0.1, -0.05) is 37.6 Å². The number of esters is 1. The summed E-state index contributed by atoms with van der Waals surface area (Å²) in [5.74, 6) is -0.247. The first kappa shape index (κ1) is 32.0. The van der Waals surface area contributed by atoms with Gasteiger partial charge in [-0.3, -0.25) is 19.8 Å². The van der Waals surface area contributed by atoms with E-state index in [0.29, 0.717) is 6.61 Å². The van der Waals surface area contributed by atoms with Gasteiger partial charge >= 0.3 is 5.97 Å². The van der Waals surface area contributed by atoms with E-state index >= 15 is 0 Å². The van der Waals surface area contributed by atoms with Crippen LogP contribution in [0.15, 0.2) is 36.0 Å². The van der Waals surface area contributed by atoms with Crippen molar-refractivity contribution >= 4 is 17.8 Å². The van der Waals surface area contributed by atoms with E-state index in [-0.39, 0.29) is 72.1 Å². The quantitative estimate of drug-likeness (QED) is 0.116. The Balaban J connectivity index is 1.50. The zero-order valence-corrected chi connectivity index (χ0v) is 24.9. The molecule has 9 unspecified atom stereocenters. The summed E-state index contributed by atoms with van der Waals surface area (Å²) in [6, 6.07) is -0.0950. The Morgan fingerprint density at radius 3 is 2.50 bits per heavy atom. The summed E-state index contributed by atoms with van der Waals surface area (Å²) in [4.78, 5) is 35.5. The highest BCUT2D eigenvalue weighted by molar-refractivity contribution is 5.87. The molecule has 0 saturated carbocycles. The Morgan fingerprint density at radius 2 is 1.85 bits per heavy atom. The van der Waals surface area contributed by atoms with E-state index in [0.717, 1.165) is 24.8 Å². The van der Waals surface area contributed by atoms with Gasteiger partial charge in [0.25, 0.3) is 0 Å². The molecule has 3 aliphatic heterocycles. The van der Waals surface area contributed by atoms with Crippen LogP contribution < -0.4 is 16.2 Å². The van der Waals surface area contributed by atoms with E-state index in [1.165, 1.54) is 13.0 Å². The van der Waals surface area contributed by atoms with Gasteiger partial charge in [-0.15, -0.1) is 0 Å². The molecule has 0 radical (unpaired) electrons. The Labute approximate surface area is 238 Å². The number of allylic oxidation sites excluding steroid dienone is 2. The fraction of sp³-hybridized carbons (Fsp3) is 0.700. The number of carbonyl (C=O) groups excluding carboxylic acids is 3. The number of ether oxygens (including phenoxy) is 4. The monoisotopic (exact) mass is 561 g/mol. The molecule has 0 aromatic carbocycles. The van der Waals surface area contributed by atoms with Gasteiger partial charge in [0, 0.05) is 32.4 Å². The lowest BCUT2D eigenvalue weighted by atomic mass is 9.81. The molecule has 9 atom stereocenters. The fourth-order valence-electron chi connectivity index (χ4n) is 5.55. The largest absolute Gasteiger partial charge is 0.459 e. The van der Waals surface area contributed by atoms with Crippen LogP contribution in [0.25, 0.3) is 0 Å². The molecule has 0 aromatic rings. The van der Waals surface area contributed by atoms with E-state index in [9.17, 15) is 14.4 Å². The van der Waals surface area contributed by atoms with Crippen molar-refractivity contribution in [3.8, 4) is 0 Å². The molecule has 1 spiro atoms. The maximum Gasteiger partial charge on any atom is 0.303 e. The first-order valence-electron chi connectivity index (χ1n) is 14.3. The third-order valence-electron chi connectivity index (χ3n) is 8.07. The molecule has 0 aliphatic carbocycles. The predicted molar refractivity (Wildman–Crippen MR) is 151 cm³/mol. The smallest absolute Gasteiger partial charge is 0.303 e. The fourth-order valence-corrected chi connectivity index (χ4v) is 5.55. The van der Waals surface area contributed by atoms with Gasteiger partial charge < -0.3 is 24.3 Å². The van der Waals surface area contributed by atoms with Gasteiger partial charge in [0.15, 0.2) is 0 Å². The van der Waals surface area contributed by atoms with Crippen LogP contribution >= 0.6 is 0 Å². The predicted octanol–water partition coefficient (Wildman–Crippen LogP) is 2.89. The average Bonchev–Trinajstić information content (AvgIpc) is 3.64. The molecule has 3 rings (SSSR count). The van der Waals surface area contributed by atoms with Gasteiger partial charge in [0.1, 0.15) is 6.10 Å². The van der Waals surface area contributed by atoms with Crippen molar-refractivity contribution in [2.24, 2.45) is 11.8 Å². The highest BCUT2D eigenvalue weighted by Crippen LogP contribution is 2.47. The Morgan fingerprint density at radius 1 is 1.12 bits per heavy atom. The van der Waals surface area contributed by atoms with Crippen molar-refractivity contribution in [1.29, 1.82) is 0 Å². The minimum atomic E-state index is -0.460. The minimum absolute atomic E-state index is 0.0501. The topological polar surface area (TPSA) is 128 Å². The molecular weight excluding hydrogens is 514 g/mol. The molecule has 0 bridgehead atoms. The van der Waals surface area contributed by atoms with Crippen LogP contribution in [-0.4, -0.2) is 73.6 Å². The van der Waals surface area contributed by atoms with Gasteiger partial charge in [0.05, 0.1) is 49.1 Å². The number of rotatable bonds is 11. The molecule has 3 aliphatic rings. The Hall–Kier alpha value is -2.53. The summed E-state index contributed by atoms with van der Waals surface area (Å²) in [6.07, 6.45) is 11.0. The molecule has 10 heteroatoms. The minimum Gasteiger partial charge on any atom is -0.459 e. The number of hydrogen-bond acceptors (Lipinski definition) is 8. The second kappa shape index (κ2) is 14.4. The van der Waals surface area contributed by atoms with Crippen LogP contribution in [0.2, 0.25) is 0 Å². The maximum atomic E-state index is 12.4. The number of amides is 2. The molecule has 40 heavy (non-hydrogen) atoms. The van der Waals surface area contributed by atoms with Crippen LogP contribution in [0.3, 0.4) is 0 Å². The van der Waals surface area contributed by atoms with Crippen molar-refractivity contribution in [3.63, 3.8) is 0 Å². The second-order valence-corrected chi connectivity index (χ2v) is 11.5. The zero-order chi connectivity index (χ0) is 29.4. The first-order valence-corrected chi connectivity index (χ1v) is 14.3. The molecule has 3 heterocycles. The second-order valence-electron chi connectivity index (χ2n) is 11.5. The normalized spacial score (nSPS) is 35.1. The van der Waals surface area contributed by atoms with Crippen molar-refractivity contribution in [3.05, 3.63) is 36.0 Å². The van der Waals surface area contributed by atoms with E-state index < -0.39 is 6.10 Å². The summed E-state index contributed by atoms with van der Waals surface area (Å²) < 4.78 is 23.4. The van der Waals surface area contributed by atoms with E-state index in [1.54, 1.807) is 20.0 Å². The summed E-state index contributed by atoms with van der Waals surface area (Å²) >= 11 is 0. The molecule has 10 nitrogen and oxygen atoms in total. The number of hydrogen-bond donors (Lipinski definition) is 3. The Kier molecular flexibility index (Phi) is 11.5. The van der Waals surface area contributed by atoms with E-state index in [4.69, 9.17) is 18.9 Å². The van der Waals surface area contributed by atoms with Crippen LogP contribution in [0, 0.1) is 11.8 Å². The Bertz CT molecular complexity index is 990. The highest BCUT2D eigenvalue weighted by atomic mass is 16.6. The third kappa shape index (κ3) is 9.26. The van der Waals surface area contributed by atoms with Crippen molar-refractivity contribution in [2.45, 2.75) is 109 Å². The highest BCUT2D eigenvalue weighted by Gasteiger charge is 2.56. The molecule has 0 aromatic heterocycles. The lowest BCUT2D eigenvalue weighted by Crippen LogP contribution is -2.50. The first-order chi connectivity index (χ1) is 18.9. The molecule has 2 amide bonds. The molecule has 224 valence electrons. The summed E-state index contributed by atoms with van der Waals surface area (Å²) in [5, 5.41) is 3.02. The number of carbonyl (C=O) groups is 3. The van der Waals surface area contributed by atoms with Gasteiger partial charge in [0.2, 0.25) is 11.8 Å². The van der Waals surface area contributed by atoms with Crippen LogP contribution in [-0.2, 0) is 33.3 Å².